The largest absolute Gasteiger partial charge is 0.488 e. The Morgan fingerprint density at radius 2 is 1.67 bits per heavy atom. The summed E-state index contributed by atoms with van der Waals surface area (Å²) in [6.45, 7) is 4.20. The first-order valence-electron chi connectivity index (χ1n) is 15.9. The normalized spacial score (nSPS) is 17.7. The zero-order valence-electron chi connectivity index (χ0n) is 27.1. The number of ether oxygens (including phenoxy) is 3. The summed E-state index contributed by atoms with van der Waals surface area (Å²) in [5.41, 5.74) is 2.28. The molecule has 12 nitrogen and oxygen atoms in total. The average Bonchev–Trinajstić information content (AvgIpc) is 3.56. The Balaban J connectivity index is 1.20. The van der Waals surface area contributed by atoms with Crippen molar-refractivity contribution in [2.45, 2.75) is 32.4 Å². The Morgan fingerprint density at radius 3 is 2.48 bits per heavy atom. The highest BCUT2D eigenvalue weighted by atomic mass is 16.7. The predicted molar refractivity (Wildman–Crippen MR) is 183 cm³/mol. The van der Waals surface area contributed by atoms with E-state index in [2.05, 4.69) is 16.0 Å². The minimum atomic E-state index is -0.510. The Bertz CT molecular complexity index is 1830. The standard InChI is InChI=1S/C36H39N5O7/c1-22-18-41(23(2)20-42)34(43)16-25-15-26(37-35(44)39-29-10-6-8-24-7-4-5-9-28(24)29)11-13-30(25)48-33(22)19-40(3)36(45)38-27-12-14-31-32(17-27)47-21-46-31/h4-15,17,22-23,33,42H,16,18-21H2,1-3H3,(H,38,45)(H2,37,39,44)/t22-,23+,33+/m1/s1. The first-order chi connectivity index (χ1) is 23.2. The maximum absolute atomic E-state index is 13.6. The van der Waals surface area contributed by atoms with E-state index in [9.17, 15) is 19.5 Å². The summed E-state index contributed by atoms with van der Waals surface area (Å²) in [5, 5.41) is 20.6. The van der Waals surface area contributed by atoms with Gasteiger partial charge in [-0.15, -0.1) is 0 Å². The molecule has 3 atom stereocenters. The van der Waals surface area contributed by atoms with Gasteiger partial charge in [0.05, 0.1) is 31.3 Å². The minimum Gasteiger partial charge on any atom is -0.488 e. The fourth-order valence-corrected chi connectivity index (χ4v) is 5.89. The zero-order chi connectivity index (χ0) is 33.8. The predicted octanol–water partition coefficient (Wildman–Crippen LogP) is 5.53. The summed E-state index contributed by atoms with van der Waals surface area (Å²) in [5.74, 6) is 1.26. The van der Waals surface area contributed by atoms with Crippen LogP contribution in [0.4, 0.5) is 26.7 Å². The highest BCUT2D eigenvalue weighted by molar-refractivity contribution is 6.06. The molecule has 0 fully saturated rings. The third-order valence-electron chi connectivity index (χ3n) is 8.64. The van der Waals surface area contributed by atoms with Crippen LogP contribution in [0.2, 0.25) is 0 Å². The molecule has 0 aliphatic carbocycles. The molecule has 12 heteroatoms. The molecule has 2 aliphatic rings. The SMILES string of the molecule is C[C@@H]1CN([C@@H](C)CO)C(=O)Cc2cc(NC(=O)Nc3cccc4ccccc34)ccc2O[C@H]1CN(C)C(=O)Nc1ccc2c(c1)OCO2. The van der Waals surface area contributed by atoms with Gasteiger partial charge in [-0.25, -0.2) is 9.59 Å². The molecule has 0 aromatic heterocycles. The topological polar surface area (TPSA) is 142 Å². The van der Waals surface area contributed by atoms with Crippen molar-refractivity contribution in [3.05, 3.63) is 84.4 Å². The molecule has 0 saturated carbocycles. The van der Waals surface area contributed by atoms with E-state index in [1.54, 1.807) is 55.3 Å². The van der Waals surface area contributed by atoms with Crippen LogP contribution in [-0.4, -0.2) is 78.6 Å². The molecule has 4 aromatic carbocycles. The van der Waals surface area contributed by atoms with Gasteiger partial charge in [0.25, 0.3) is 0 Å². The van der Waals surface area contributed by atoms with E-state index >= 15 is 0 Å². The maximum Gasteiger partial charge on any atom is 0.323 e. The number of anilines is 3. The fourth-order valence-electron chi connectivity index (χ4n) is 5.89. The molecule has 4 N–H and O–H groups in total. The monoisotopic (exact) mass is 653 g/mol. The molecular formula is C36H39N5O7. The lowest BCUT2D eigenvalue weighted by Crippen LogP contribution is -2.48. The third-order valence-corrected chi connectivity index (χ3v) is 8.64. The van der Waals surface area contributed by atoms with E-state index in [0.29, 0.717) is 46.4 Å². The Labute approximate surface area is 278 Å². The van der Waals surface area contributed by atoms with Crippen molar-refractivity contribution in [1.82, 2.24) is 9.80 Å². The van der Waals surface area contributed by atoms with Gasteiger partial charge in [0.15, 0.2) is 11.5 Å². The minimum absolute atomic E-state index is 0.0000145. The van der Waals surface area contributed by atoms with E-state index in [0.717, 1.165) is 10.8 Å². The van der Waals surface area contributed by atoms with Crippen LogP contribution in [-0.2, 0) is 11.2 Å². The number of fused-ring (bicyclic) bond motifs is 3. The highest BCUT2D eigenvalue weighted by Crippen LogP contribution is 2.34. The van der Waals surface area contributed by atoms with Gasteiger partial charge >= 0.3 is 12.1 Å². The molecule has 2 heterocycles. The first-order valence-corrected chi connectivity index (χ1v) is 15.9. The van der Waals surface area contributed by atoms with Crippen LogP contribution >= 0.6 is 0 Å². The first kappa shape index (κ1) is 32.5. The van der Waals surface area contributed by atoms with Crippen LogP contribution in [0.25, 0.3) is 10.8 Å². The number of urea groups is 2. The van der Waals surface area contributed by atoms with Crippen molar-refractivity contribution < 1.29 is 33.7 Å². The number of hydrogen-bond donors (Lipinski definition) is 4. The summed E-state index contributed by atoms with van der Waals surface area (Å²) < 4.78 is 17.3. The van der Waals surface area contributed by atoms with Crippen LogP contribution in [0, 0.1) is 5.92 Å². The molecule has 0 unspecified atom stereocenters. The van der Waals surface area contributed by atoms with Crippen LogP contribution in [0.1, 0.15) is 19.4 Å². The smallest absolute Gasteiger partial charge is 0.323 e. The third kappa shape index (κ3) is 7.23. The number of hydrogen-bond acceptors (Lipinski definition) is 7. The van der Waals surface area contributed by atoms with E-state index in [1.165, 1.54) is 4.90 Å². The van der Waals surface area contributed by atoms with Crippen molar-refractivity contribution in [2.24, 2.45) is 5.92 Å². The number of likely N-dealkylation sites (N-methyl/N-ethyl adjacent to an activating group) is 1. The number of nitrogens with one attached hydrogen (secondary N) is 3. The lowest BCUT2D eigenvalue weighted by molar-refractivity contribution is -0.134. The number of amides is 5. The van der Waals surface area contributed by atoms with Gasteiger partial charge < -0.3 is 45.1 Å². The van der Waals surface area contributed by atoms with Gasteiger partial charge in [-0.05, 0) is 48.7 Å². The Kier molecular flexibility index (Phi) is 9.53. The Hall–Kier alpha value is -5.49. The van der Waals surface area contributed by atoms with E-state index in [1.807, 2.05) is 49.4 Å². The molecule has 5 amide bonds. The number of carbonyl (C=O) groups is 3. The Morgan fingerprint density at radius 1 is 0.938 bits per heavy atom. The van der Waals surface area contributed by atoms with E-state index in [-0.39, 0.29) is 44.2 Å². The average molecular weight is 654 g/mol. The molecule has 2 aliphatic heterocycles. The molecule has 0 saturated heterocycles. The lowest BCUT2D eigenvalue weighted by Gasteiger charge is -2.34. The summed E-state index contributed by atoms with van der Waals surface area (Å²) in [7, 11) is 1.67. The number of aliphatic hydroxyl groups is 1. The molecular weight excluding hydrogens is 614 g/mol. The van der Waals surface area contributed by atoms with Crippen molar-refractivity contribution >= 4 is 45.8 Å². The molecule has 250 valence electrons. The zero-order valence-corrected chi connectivity index (χ0v) is 27.1. The molecule has 6 rings (SSSR count). The van der Waals surface area contributed by atoms with Gasteiger partial charge in [-0.3, -0.25) is 4.79 Å². The van der Waals surface area contributed by atoms with Crippen LogP contribution in [0.5, 0.6) is 17.2 Å². The van der Waals surface area contributed by atoms with Crippen LogP contribution < -0.4 is 30.2 Å². The van der Waals surface area contributed by atoms with Gasteiger partial charge in [0.2, 0.25) is 12.7 Å². The van der Waals surface area contributed by atoms with Gasteiger partial charge in [-0.2, -0.15) is 0 Å². The summed E-state index contributed by atoms with van der Waals surface area (Å²) in [6, 6.07) is 22.6. The molecule has 0 bridgehead atoms. The summed E-state index contributed by atoms with van der Waals surface area (Å²) >= 11 is 0. The van der Waals surface area contributed by atoms with Crippen molar-refractivity contribution in [3.63, 3.8) is 0 Å². The van der Waals surface area contributed by atoms with Crippen LogP contribution in [0.3, 0.4) is 0 Å². The molecule has 48 heavy (non-hydrogen) atoms. The summed E-state index contributed by atoms with van der Waals surface area (Å²) in [6.07, 6.45) is -0.510. The maximum atomic E-state index is 13.6. The van der Waals surface area contributed by atoms with Crippen molar-refractivity contribution in [1.29, 1.82) is 0 Å². The quantitative estimate of drug-likeness (QED) is 0.206. The van der Waals surface area contributed by atoms with Crippen molar-refractivity contribution in [2.75, 3.05) is 49.5 Å². The van der Waals surface area contributed by atoms with Gasteiger partial charge in [-0.1, -0.05) is 43.3 Å². The molecule has 4 aromatic rings. The second-order valence-corrected chi connectivity index (χ2v) is 12.2. The number of benzene rings is 4. The van der Waals surface area contributed by atoms with Gasteiger partial charge in [0, 0.05) is 47.9 Å². The van der Waals surface area contributed by atoms with Crippen molar-refractivity contribution in [3.8, 4) is 17.2 Å². The number of nitrogens with zero attached hydrogens (tertiary/aromatic N) is 2. The lowest BCUT2D eigenvalue weighted by atomic mass is 10.0. The second kappa shape index (κ2) is 14.1. The van der Waals surface area contributed by atoms with Gasteiger partial charge in [0.1, 0.15) is 11.9 Å². The molecule has 0 radical (unpaired) electrons. The second-order valence-electron chi connectivity index (χ2n) is 12.2. The van der Waals surface area contributed by atoms with Crippen LogP contribution in [0.15, 0.2) is 78.9 Å². The number of carbonyl (C=O) groups excluding carboxylic acids is 3. The van der Waals surface area contributed by atoms with E-state index < -0.39 is 18.2 Å². The number of rotatable bonds is 7. The summed E-state index contributed by atoms with van der Waals surface area (Å²) in [4.78, 5) is 43.1. The fraction of sp³-hybridized carbons (Fsp3) is 0.306. The highest BCUT2D eigenvalue weighted by Gasteiger charge is 2.32. The number of aliphatic hydroxyl groups excluding tert-OH is 1. The van der Waals surface area contributed by atoms with E-state index in [4.69, 9.17) is 14.2 Å². The molecule has 0 spiro atoms.